The topological polar surface area (TPSA) is 105 Å². The molecule has 0 radical (unpaired) electrons. The van der Waals surface area contributed by atoms with Crippen LogP contribution in [0.4, 0.5) is 0 Å². The van der Waals surface area contributed by atoms with Crippen LogP contribution in [0.2, 0.25) is 0 Å². The number of nitrogens with zero attached hydrogens (tertiary/aromatic N) is 3. The van der Waals surface area contributed by atoms with Crippen molar-refractivity contribution in [3.63, 3.8) is 0 Å². The second-order valence-electron chi connectivity index (χ2n) is 6.55. The fraction of sp³-hybridized carbons (Fsp3) is 0.944. The largest absolute Gasteiger partial charge is 3.00 e. The summed E-state index contributed by atoms with van der Waals surface area (Å²) < 4.78 is 4.76. The van der Waals surface area contributed by atoms with Gasteiger partial charge in [0.25, 0.3) is 0 Å². The SMILES string of the molecule is CN(C)CC[O-].CN(C)CC[O-].CN(C)CC[O-].O=C1CCCCCO1.[Y+3]. The van der Waals surface area contributed by atoms with Crippen LogP contribution in [0.5, 0.6) is 0 Å². The fourth-order valence-corrected chi connectivity index (χ4v) is 1.35. The van der Waals surface area contributed by atoms with Crippen molar-refractivity contribution in [3.05, 3.63) is 0 Å². The summed E-state index contributed by atoms with van der Waals surface area (Å²) in [7, 11) is 11.3. The predicted molar refractivity (Wildman–Crippen MR) is 99.7 cm³/mol. The van der Waals surface area contributed by atoms with Gasteiger partial charge >= 0.3 is 38.7 Å². The molecule has 0 aliphatic carbocycles. The van der Waals surface area contributed by atoms with Crippen LogP contribution in [0.15, 0.2) is 0 Å². The molecule has 0 aromatic carbocycles. The molecule has 1 rings (SSSR count). The van der Waals surface area contributed by atoms with Crippen LogP contribution in [0.25, 0.3) is 0 Å². The van der Waals surface area contributed by atoms with Crippen LogP contribution in [0.3, 0.4) is 0 Å². The van der Waals surface area contributed by atoms with Crippen molar-refractivity contribution in [2.75, 3.05) is 88.3 Å². The third-order valence-electron chi connectivity index (χ3n) is 2.90. The van der Waals surface area contributed by atoms with Gasteiger partial charge < -0.3 is 34.8 Å². The minimum Gasteiger partial charge on any atom is -0.854 e. The van der Waals surface area contributed by atoms with Gasteiger partial charge in [-0.05, 0) is 81.2 Å². The number of carbonyl (C=O) groups excluding carboxylic acids is 1. The number of hydrogen-bond acceptors (Lipinski definition) is 8. The average molecular weight is 467 g/mol. The van der Waals surface area contributed by atoms with Crippen molar-refractivity contribution >= 4 is 5.97 Å². The van der Waals surface area contributed by atoms with Crippen LogP contribution < -0.4 is 15.3 Å². The van der Waals surface area contributed by atoms with Crippen LogP contribution >= 0.6 is 0 Å². The van der Waals surface area contributed by atoms with Gasteiger partial charge in [0, 0.05) is 6.42 Å². The minimum absolute atomic E-state index is 0. The normalized spacial score (nSPS) is 13.1. The summed E-state index contributed by atoms with van der Waals surface area (Å²) in [5.74, 6) is -0.0255. The van der Waals surface area contributed by atoms with E-state index in [2.05, 4.69) is 0 Å². The van der Waals surface area contributed by atoms with E-state index in [-0.39, 0.29) is 58.5 Å². The van der Waals surface area contributed by atoms with Crippen molar-refractivity contribution in [1.82, 2.24) is 14.7 Å². The van der Waals surface area contributed by atoms with E-state index in [9.17, 15) is 20.1 Å². The summed E-state index contributed by atoms with van der Waals surface area (Å²) in [6, 6.07) is 0. The molecule has 0 unspecified atom stereocenters. The Morgan fingerprint density at radius 3 is 1.37 bits per heavy atom. The molecule has 0 saturated carbocycles. The zero-order valence-electron chi connectivity index (χ0n) is 18.2. The van der Waals surface area contributed by atoms with E-state index in [1.165, 1.54) is 0 Å². The average Bonchev–Trinajstić information content (AvgIpc) is 2.76. The van der Waals surface area contributed by atoms with Crippen molar-refractivity contribution in [2.24, 2.45) is 0 Å². The van der Waals surface area contributed by atoms with E-state index >= 15 is 0 Å². The molecule has 1 saturated heterocycles. The Kier molecular flexibility index (Phi) is 36.8. The maximum Gasteiger partial charge on any atom is 3.00 e. The zero-order chi connectivity index (χ0) is 20.8. The smallest absolute Gasteiger partial charge is 0.854 e. The van der Waals surface area contributed by atoms with Gasteiger partial charge in [-0.25, -0.2) is 0 Å². The summed E-state index contributed by atoms with van der Waals surface area (Å²) in [6.45, 7) is 2.62. The Labute approximate surface area is 191 Å². The Bertz CT molecular complexity index is 250. The first-order valence-corrected chi connectivity index (χ1v) is 9.05. The molecule has 1 heterocycles. The van der Waals surface area contributed by atoms with Gasteiger partial charge in [-0.15, -0.1) is 19.8 Å². The fourth-order valence-electron chi connectivity index (χ4n) is 1.35. The summed E-state index contributed by atoms with van der Waals surface area (Å²) in [4.78, 5) is 16.1. The minimum atomic E-state index is -0.0255. The van der Waals surface area contributed by atoms with Gasteiger partial charge in [-0.3, -0.25) is 4.79 Å². The van der Waals surface area contributed by atoms with Gasteiger partial charge in [-0.2, -0.15) is 0 Å². The van der Waals surface area contributed by atoms with Crippen molar-refractivity contribution in [2.45, 2.75) is 25.7 Å². The first kappa shape index (κ1) is 34.8. The van der Waals surface area contributed by atoms with E-state index in [0.717, 1.165) is 19.3 Å². The number of carbonyl (C=O) groups is 1. The summed E-state index contributed by atoms with van der Waals surface area (Å²) in [6.07, 6.45) is 3.83. The molecule has 0 N–H and O–H groups in total. The number of hydrogen-bond donors (Lipinski definition) is 0. The predicted octanol–water partition coefficient (Wildman–Crippen LogP) is -2.17. The summed E-state index contributed by atoms with van der Waals surface area (Å²) >= 11 is 0. The Balaban J connectivity index is -0.000000131. The molecule has 1 fully saturated rings. The zero-order valence-corrected chi connectivity index (χ0v) is 21.1. The van der Waals surface area contributed by atoms with Crippen molar-refractivity contribution < 1.29 is 57.6 Å². The molecule has 0 atom stereocenters. The second-order valence-corrected chi connectivity index (χ2v) is 6.55. The van der Waals surface area contributed by atoms with E-state index in [1.54, 1.807) is 0 Å². The number of esters is 1. The number of cyclic esters (lactones) is 1. The number of rotatable bonds is 6. The van der Waals surface area contributed by atoms with Gasteiger partial charge in [-0.1, -0.05) is 0 Å². The Morgan fingerprint density at radius 2 is 1.11 bits per heavy atom. The standard InChI is InChI=1S/C6H10O2.3C4H10NO.Y/c7-6-4-2-1-3-5-8-6;3*1-5(2)3-4-6;/h1-5H2;3*3-4H2,1-2H3;/q;3*-1;+3. The molecule has 0 bridgehead atoms. The molecule has 1 aliphatic heterocycles. The third-order valence-corrected chi connectivity index (χ3v) is 2.90. The van der Waals surface area contributed by atoms with Crippen molar-refractivity contribution in [1.29, 1.82) is 0 Å². The van der Waals surface area contributed by atoms with Crippen LogP contribution in [0, 0.1) is 0 Å². The monoisotopic (exact) mass is 467 g/mol. The van der Waals surface area contributed by atoms with E-state index in [4.69, 9.17) is 4.74 Å². The molecule has 1 aliphatic rings. The van der Waals surface area contributed by atoms with Gasteiger partial charge in [0.15, 0.2) is 0 Å². The molecule has 0 aromatic rings. The molecule has 27 heavy (non-hydrogen) atoms. The van der Waals surface area contributed by atoms with Crippen LogP contribution in [0.1, 0.15) is 25.7 Å². The molecule has 8 nitrogen and oxygen atoms in total. The molecule has 0 aromatic heterocycles. The third kappa shape index (κ3) is 46.4. The van der Waals surface area contributed by atoms with E-state index in [1.807, 2.05) is 57.0 Å². The van der Waals surface area contributed by atoms with Gasteiger partial charge in [0.2, 0.25) is 0 Å². The summed E-state index contributed by atoms with van der Waals surface area (Å²) in [5, 5.41) is 29.1. The van der Waals surface area contributed by atoms with Crippen LogP contribution in [-0.2, 0) is 42.2 Å². The maximum absolute atomic E-state index is 10.5. The van der Waals surface area contributed by atoms with E-state index < -0.39 is 0 Å². The quantitative estimate of drug-likeness (QED) is 0.407. The molecular weight excluding hydrogens is 427 g/mol. The second kappa shape index (κ2) is 28.5. The maximum atomic E-state index is 10.5. The molecule has 0 spiro atoms. The Hall–Kier alpha value is 0.334. The first-order chi connectivity index (χ1) is 12.2. The van der Waals surface area contributed by atoms with Gasteiger partial charge in [0.05, 0.1) is 6.61 Å². The first-order valence-electron chi connectivity index (χ1n) is 9.05. The Morgan fingerprint density at radius 1 is 0.741 bits per heavy atom. The van der Waals surface area contributed by atoms with E-state index in [0.29, 0.717) is 32.7 Å². The molecule has 9 heteroatoms. The molecule has 0 amide bonds. The molecule has 160 valence electrons. The number of likely N-dealkylation sites (N-methyl/N-ethyl adjacent to an activating group) is 3. The van der Waals surface area contributed by atoms with Crippen LogP contribution in [-0.4, -0.2) is 109 Å². The summed E-state index contributed by atoms with van der Waals surface area (Å²) in [5.41, 5.74) is 0. The van der Waals surface area contributed by atoms with Gasteiger partial charge in [0.1, 0.15) is 0 Å². The van der Waals surface area contributed by atoms with Crippen molar-refractivity contribution in [3.8, 4) is 0 Å². The molecular formula is C18H40N3O5Y. The number of ether oxygens (including phenoxy) is 1.